The Morgan fingerprint density at radius 2 is 2.14 bits per heavy atom. The molecule has 28 heavy (non-hydrogen) atoms. The molecule has 0 saturated carbocycles. The number of benzene rings is 1. The Balaban J connectivity index is 0.00000392. The number of aliphatic imine (C=N–C) groups is 1. The molecule has 1 aromatic carbocycles. The van der Waals surface area contributed by atoms with E-state index >= 15 is 0 Å². The zero-order valence-corrected chi connectivity index (χ0v) is 21.2. The highest BCUT2D eigenvalue weighted by molar-refractivity contribution is 14.0. The topological polar surface area (TPSA) is 66.0 Å². The standard InChI is InChI=1S/C19H31ClN4O2S.HI/c1-19(2,3)27(25)11-9-22-18(21-4)23-15-8-10-24(13-15)16-12-14(20)6-7-17(16)26-5;/h6-7,12,15H,8-11,13H2,1-5H3,(H2,21,22,23);1H. The molecule has 1 aromatic rings. The van der Waals surface area contributed by atoms with Crippen LogP contribution >= 0.6 is 35.6 Å². The molecule has 1 aliphatic heterocycles. The van der Waals surface area contributed by atoms with Crippen molar-refractivity contribution in [1.29, 1.82) is 0 Å². The SMILES string of the molecule is CN=C(NCCS(=O)C(C)(C)C)NC1CCN(c2cc(Cl)ccc2OC)C1.I. The fourth-order valence-corrected chi connectivity index (χ4v) is 4.03. The molecule has 160 valence electrons. The van der Waals surface area contributed by atoms with Crippen molar-refractivity contribution < 1.29 is 8.95 Å². The maximum Gasteiger partial charge on any atom is 0.191 e. The third kappa shape index (κ3) is 7.26. The monoisotopic (exact) mass is 542 g/mol. The molecule has 2 rings (SSSR count). The van der Waals surface area contributed by atoms with Gasteiger partial charge in [-0.3, -0.25) is 9.20 Å². The third-order valence-corrected chi connectivity index (χ3v) is 6.67. The van der Waals surface area contributed by atoms with Crippen molar-refractivity contribution in [3.63, 3.8) is 0 Å². The van der Waals surface area contributed by atoms with Gasteiger partial charge < -0.3 is 20.3 Å². The van der Waals surface area contributed by atoms with Gasteiger partial charge >= 0.3 is 0 Å². The van der Waals surface area contributed by atoms with E-state index in [1.165, 1.54) is 0 Å². The zero-order chi connectivity index (χ0) is 20.0. The molecule has 0 aliphatic carbocycles. The van der Waals surface area contributed by atoms with E-state index in [1.807, 2.05) is 39.0 Å². The van der Waals surface area contributed by atoms with Gasteiger partial charge in [0.05, 0.1) is 12.8 Å². The van der Waals surface area contributed by atoms with Crippen LogP contribution in [0.5, 0.6) is 5.75 Å². The van der Waals surface area contributed by atoms with Crippen LogP contribution in [0.1, 0.15) is 27.2 Å². The van der Waals surface area contributed by atoms with Crippen LogP contribution in [0.25, 0.3) is 0 Å². The minimum Gasteiger partial charge on any atom is -0.495 e. The Kier molecular flexibility index (Phi) is 10.3. The molecule has 6 nitrogen and oxygen atoms in total. The molecule has 1 heterocycles. The van der Waals surface area contributed by atoms with Crippen molar-refractivity contribution in [3.05, 3.63) is 23.2 Å². The quantitative estimate of drug-likeness (QED) is 0.328. The first-order valence-electron chi connectivity index (χ1n) is 9.18. The number of hydrogen-bond acceptors (Lipinski definition) is 4. The summed E-state index contributed by atoms with van der Waals surface area (Å²) in [6.07, 6.45) is 0.990. The molecule has 1 saturated heterocycles. The highest BCUT2D eigenvalue weighted by Gasteiger charge is 2.26. The second kappa shape index (κ2) is 11.4. The molecule has 0 aromatic heterocycles. The van der Waals surface area contributed by atoms with E-state index < -0.39 is 10.8 Å². The highest BCUT2D eigenvalue weighted by Crippen LogP contribution is 2.33. The van der Waals surface area contributed by atoms with E-state index in [4.69, 9.17) is 16.3 Å². The summed E-state index contributed by atoms with van der Waals surface area (Å²) in [4.78, 5) is 6.56. The summed E-state index contributed by atoms with van der Waals surface area (Å²) in [6, 6.07) is 5.95. The number of methoxy groups -OCH3 is 1. The van der Waals surface area contributed by atoms with Crippen molar-refractivity contribution in [1.82, 2.24) is 10.6 Å². The van der Waals surface area contributed by atoms with Gasteiger partial charge in [-0.15, -0.1) is 24.0 Å². The lowest BCUT2D eigenvalue weighted by atomic mass is 10.2. The number of rotatable bonds is 6. The number of nitrogens with one attached hydrogen (secondary N) is 2. The van der Waals surface area contributed by atoms with E-state index in [-0.39, 0.29) is 34.8 Å². The molecule has 0 radical (unpaired) electrons. The summed E-state index contributed by atoms with van der Waals surface area (Å²) < 4.78 is 17.4. The normalized spacial score (nSPS) is 18.4. The van der Waals surface area contributed by atoms with Gasteiger partial charge in [0.2, 0.25) is 0 Å². The Bertz CT molecular complexity index is 697. The maximum absolute atomic E-state index is 12.1. The molecule has 0 bridgehead atoms. The first-order valence-corrected chi connectivity index (χ1v) is 10.9. The largest absolute Gasteiger partial charge is 0.495 e. The summed E-state index contributed by atoms with van der Waals surface area (Å²) >= 11 is 6.16. The Labute approximate surface area is 193 Å². The van der Waals surface area contributed by atoms with Crippen molar-refractivity contribution >= 4 is 58.0 Å². The number of nitrogens with zero attached hydrogens (tertiary/aromatic N) is 2. The predicted octanol–water partition coefficient (Wildman–Crippen LogP) is 3.26. The van der Waals surface area contributed by atoms with Crippen LogP contribution in [-0.2, 0) is 10.8 Å². The molecule has 0 spiro atoms. The lowest BCUT2D eigenvalue weighted by Gasteiger charge is -2.23. The average molecular weight is 543 g/mol. The van der Waals surface area contributed by atoms with Crippen LogP contribution in [0.2, 0.25) is 5.02 Å². The fraction of sp³-hybridized carbons (Fsp3) is 0.632. The second-order valence-electron chi connectivity index (χ2n) is 7.55. The first kappa shape index (κ1) is 25.3. The summed E-state index contributed by atoms with van der Waals surface area (Å²) in [5.41, 5.74) is 1.01. The van der Waals surface area contributed by atoms with Crippen LogP contribution in [0.15, 0.2) is 23.2 Å². The van der Waals surface area contributed by atoms with E-state index in [0.717, 1.165) is 36.9 Å². The number of anilines is 1. The Morgan fingerprint density at radius 1 is 1.43 bits per heavy atom. The summed E-state index contributed by atoms with van der Waals surface area (Å²) in [5, 5.41) is 7.42. The Hall–Kier alpha value is -0.740. The molecule has 9 heteroatoms. The number of guanidine groups is 1. The van der Waals surface area contributed by atoms with Crippen LogP contribution < -0.4 is 20.3 Å². The van der Waals surface area contributed by atoms with E-state index in [1.54, 1.807) is 14.2 Å². The van der Waals surface area contributed by atoms with E-state index in [9.17, 15) is 4.21 Å². The van der Waals surface area contributed by atoms with Crippen LogP contribution in [0.4, 0.5) is 5.69 Å². The second-order valence-corrected chi connectivity index (χ2v) is 10.3. The first-order chi connectivity index (χ1) is 12.7. The molecule has 1 aliphatic rings. The van der Waals surface area contributed by atoms with Gasteiger partial charge in [0.1, 0.15) is 5.75 Å². The van der Waals surface area contributed by atoms with Crippen molar-refractivity contribution in [3.8, 4) is 5.75 Å². The van der Waals surface area contributed by atoms with Crippen molar-refractivity contribution in [2.45, 2.75) is 38.0 Å². The van der Waals surface area contributed by atoms with Gasteiger partial charge in [-0.25, -0.2) is 0 Å². The van der Waals surface area contributed by atoms with Gasteiger partial charge in [0.15, 0.2) is 5.96 Å². The van der Waals surface area contributed by atoms with E-state index in [0.29, 0.717) is 17.3 Å². The number of ether oxygens (including phenoxy) is 1. The minimum absolute atomic E-state index is 0. The van der Waals surface area contributed by atoms with Gasteiger partial charge in [-0.05, 0) is 45.4 Å². The van der Waals surface area contributed by atoms with Gasteiger partial charge in [0.25, 0.3) is 0 Å². The zero-order valence-electron chi connectivity index (χ0n) is 17.3. The van der Waals surface area contributed by atoms with E-state index in [2.05, 4.69) is 20.5 Å². The molecular weight excluding hydrogens is 511 g/mol. The molecule has 2 atom stereocenters. The lowest BCUT2D eigenvalue weighted by Crippen LogP contribution is -2.46. The summed E-state index contributed by atoms with van der Waals surface area (Å²) in [5.74, 6) is 2.17. The molecule has 2 unspecified atom stereocenters. The average Bonchev–Trinajstić information content (AvgIpc) is 3.08. The van der Waals surface area contributed by atoms with Gasteiger partial charge in [-0.2, -0.15) is 0 Å². The smallest absolute Gasteiger partial charge is 0.191 e. The third-order valence-electron chi connectivity index (χ3n) is 4.50. The molecular formula is C19H32ClIN4O2S. The number of hydrogen-bond donors (Lipinski definition) is 2. The maximum atomic E-state index is 12.1. The molecule has 2 N–H and O–H groups in total. The predicted molar refractivity (Wildman–Crippen MR) is 131 cm³/mol. The van der Waals surface area contributed by atoms with Crippen molar-refractivity contribution in [2.24, 2.45) is 4.99 Å². The van der Waals surface area contributed by atoms with Crippen LogP contribution in [0, 0.1) is 0 Å². The minimum atomic E-state index is -0.876. The van der Waals surface area contributed by atoms with Crippen LogP contribution in [-0.4, -0.2) is 60.5 Å². The van der Waals surface area contributed by atoms with Gasteiger partial charge in [0, 0.05) is 59.0 Å². The lowest BCUT2D eigenvalue weighted by molar-refractivity contribution is 0.415. The number of halogens is 2. The summed E-state index contributed by atoms with van der Waals surface area (Å²) in [6.45, 7) is 8.36. The fourth-order valence-electron chi connectivity index (χ4n) is 2.96. The highest BCUT2D eigenvalue weighted by atomic mass is 127. The van der Waals surface area contributed by atoms with Crippen molar-refractivity contribution in [2.75, 3.05) is 44.4 Å². The summed E-state index contributed by atoms with van der Waals surface area (Å²) in [7, 11) is 2.55. The van der Waals surface area contributed by atoms with Gasteiger partial charge in [-0.1, -0.05) is 11.6 Å². The Morgan fingerprint density at radius 3 is 2.75 bits per heavy atom. The molecule has 1 fully saturated rings. The molecule has 0 amide bonds. The van der Waals surface area contributed by atoms with Crippen LogP contribution in [0.3, 0.4) is 0 Å².